The van der Waals surface area contributed by atoms with Gasteiger partial charge in [0.25, 0.3) is 0 Å². The topological polar surface area (TPSA) is 76.6 Å². The quantitative estimate of drug-likeness (QED) is 0.710. The fraction of sp³-hybridized carbons (Fsp3) is 0.467. The first-order valence-corrected chi connectivity index (χ1v) is 13.3. The zero-order chi connectivity index (χ0) is 25.0. The highest BCUT2D eigenvalue weighted by atomic mass is 16.2. The van der Waals surface area contributed by atoms with E-state index in [1.54, 1.807) is 0 Å². The van der Waals surface area contributed by atoms with Crippen LogP contribution in [0.4, 0.5) is 0 Å². The molecule has 6 nitrogen and oxygen atoms in total. The molecule has 2 aromatic carbocycles. The van der Waals surface area contributed by atoms with Gasteiger partial charge >= 0.3 is 0 Å². The Morgan fingerprint density at radius 1 is 1.08 bits per heavy atom. The van der Waals surface area contributed by atoms with Gasteiger partial charge in [-0.05, 0) is 53.9 Å². The number of hydrogen-bond donors (Lipinski definition) is 1. The number of nitriles is 1. The first kappa shape index (κ1) is 23.3. The number of nitrogens with two attached hydrogens (primary N) is 1. The van der Waals surface area contributed by atoms with Crippen LogP contribution in [0.25, 0.3) is 0 Å². The smallest absolute Gasteiger partial charge is 0.241 e. The number of piperazine rings is 1. The van der Waals surface area contributed by atoms with E-state index in [2.05, 4.69) is 82.8 Å². The number of fused-ring (bicyclic) bond motifs is 4. The molecule has 3 fully saturated rings. The average Bonchev–Trinajstić information content (AvgIpc) is 3.53. The largest absolute Gasteiger partial charge is 0.358 e. The van der Waals surface area contributed by atoms with Crippen molar-refractivity contribution in [2.75, 3.05) is 19.6 Å². The normalized spacial score (nSPS) is 28.5. The van der Waals surface area contributed by atoms with Crippen molar-refractivity contribution in [1.29, 1.82) is 5.26 Å². The van der Waals surface area contributed by atoms with Crippen LogP contribution in [0.15, 0.2) is 60.8 Å². The Morgan fingerprint density at radius 3 is 2.33 bits per heavy atom. The van der Waals surface area contributed by atoms with Crippen LogP contribution >= 0.6 is 0 Å². The summed E-state index contributed by atoms with van der Waals surface area (Å²) in [7, 11) is 0. The van der Waals surface area contributed by atoms with Crippen LogP contribution in [-0.2, 0) is 17.6 Å². The molecule has 6 heteroatoms. The summed E-state index contributed by atoms with van der Waals surface area (Å²) in [6.45, 7) is 8.69. The highest BCUT2D eigenvalue weighted by Gasteiger charge is 2.53. The molecule has 4 aliphatic rings. The third-order valence-electron chi connectivity index (χ3n) is 8.84. The molecule has 1 aliphatic carbocycles. The second kappa shape index (κ2) is 9.06. The fourth-order valence-corrected chi connectivity index (χ4v) is 7.08. The molecule has 36 heavy (non-hydrogen) atoms. The second-order valence-electron chi connectivity index (χ2n) is 11.1. The molecule has 186 valence electrons. The van der Waals surface area contributed by atoms with E-state index in [0.29, 0.717) is 12.5 Å². The minimum absolute atomic E-state index is 0.0318. The number of carbonyl (C=O) groups excluding carboxylic acids is 1. The van der Waals surface area contributed by atoms with Crippen LogP contribution in [0.5, 0.6) is 0 Å². The first-order valence-electron chi connectivity index (χ1n) is 13.3. The number of likely N-dealkylation sites (tertiary alicyclic amines) is 3. The SMILES string of the molecule is C=C(C(N)CN1C[C@@H]2CC1C(=O)N2C1c2ccccc2CCc2ccccc21)N1CC(C)CC1C#N. The van der Waals surface area contributed by atoms with E-state index in [0.717, 1.165) is 44.5 Å². The lowest BCUT2D eigenvalue weighted by molar-refractivity contribution is -0.138. The second-order valence-corrected chi connectivity index (χ2v) is 11.1. The summed E-state index contributed by atoms with van der Waals surface area (Å²) in [4.78, 5) is 20.4. The van der Waals surface area contributed by atoms with Gasteiger partial charge in [-0.15, -0.1) is 0 Å². The van der Waals surface area contributed by atoms with Gasteiger partial charge in [-0.2, -0.15) is 5.26 Å². The molecular weight excluding hydrogens is 446 g/mol. The molecule has 5 atom stereocenters. The average molecular weight is 482 g/mol. The lowest BCUT2D eigenvalue weighted by Crippen LogP contribution is -2.55. The van der Waals surface area contributed by atoms with E-state index in [1.165, 1.54) is 22.3 Å². The van der Waals surface area contributed by atoms with Crippen LogP contribution in [0.1, 0.15) is 48.1 Å². The summed E-state index contributed by atoms with van der Waals surface area (Å²) in [5.74, 6) is 0.673. The van der Waals surface area contributed by atoms with Crippen molar-refractivity contribution in [3.05, 3.63) is 83.1 Å². The summed E-state index contributed by atoms with van der Waals surface area (Å²) in [6.07, 6.45) is 3.71. The highest BCUT2D eigenvalue weighted by Crippen LogP contribution is 2.44. The third kappa shape index (κ3) is 3.73. The summed E-state index contributed by atoms with van der Waals surface area (Å²) < 4.78 is 0. The molecule has 0 radical (unpaired) electrons. The standard InChI is InChI=1S/C30H35N5O/c1-19-13-23(15-31)34(16-19)20(2)27(32)18-33-17-24-14-28(33)30(36)35(24)29-25-9-5-3-7-21(25)11-12-22-8-4-6-10-26(22)29/h3-10,19,23-24,27-29H,2,11-14,16-18,32H2,1H3/t19?,23?,24-,27?,28?/m0/s1. The Hall–Kier alpha value is -3.14. The predicted molar refractivity (Wildman–Crippen MR) is 140 cm³/mol. The van der Waals surface area contributed by atoms with Crippen molar-refractivity contribution in [3.8, 4) is 6.07 Å². The van der Waals surface area contributed by atoms with Crippen molar-refractivity contribution in [2.24, 2.45) is 11.7 Å². The minimum atomic E-state index is -0.286. The fourth-order valence-electron chi connectivity index (χ4n) is 7.08. The summed E-state index contributed by atoms with van der Waals surface area (Å²) in [5.41, 5.74) is 12.7. The molecule has 3 aliphatic heterocycles. The Morgan fingerprint density at radius 2 is 1.72 bits per heavy atom. The maximum absolute atomic E-state index is 13.9. The monoisotopic (exact) mass is 481 g/mol. The van der Waals surface area contributed by atoms with Gasteiger partial charge in [0.05, 0.1) is 24.2 Å². The number of carbonyl (C=O) groups is 1. The number of amides is 1. The molecule has 0 aromatic heterocycles. The van der Waals surface area contributed by atoms with E-state index >= 15 is 0 Å². The molecule has 1 amide bonds. The molecule has 2 aromatic rings. The number of benzene rings is 2. The number of aryl methyl sites for hydroxylation is 2. The molecule has 6 rings (SSSR count). The van der Waals surface area contributed by atoms with Gasteiger partial charge in [0.2, 0.25) is 5.91 Å². The molecule has 2 bridgehead atoms. The van der Waals surface area contributed by atoms with Gasteiger partial charge in [-0.1, -0.05) is 62.0 Å². The van der Waals surface area contributed by atoms with Gasteiger partial charge in [-0.25, -0.2) is 0 Å². The Bertz CT molecular complexity index is 1190. The Kier molecular flexibility index (Phi) is 5.86. The van der Waals surface area contributed by atoms with E-state index in [1.807, 2.05) is 0 Å². The number of rotatable bonds is 5. The van der Waals surface area contributed by atoms with Crippen LogP contribution < -0.4 is 5.73 Å². The maximum Gasteiger partial charge on any atom is 0.241 e. The summed E-state index contributed by atoms with van der Waals surface area (Å²) in [6, 6.07) is 19.2. The molecular formula is C30H35N5O. The van der Waals surface area contributed by atoms with Gasteiger partial charge in [0.1, 0.15) is 6.04 Å². The van der Waals surface area contributed by atoms with Crippen LogP contribution in [0, 0.1) is 17.2 Å². The Labute approximate surface area is 214 Å². The molecule has 0 saturated carbocycles. The van der Waals surface area contributed by atoms with Crippen molar-refractivity contribution in [2.45, 2.75) is 62.8 Å². The molecule has 0 spiro atoms. The molecule has 4 unspecified atom stereocenters. The van der Waals surface area contributed by atoms with Crippen LogP contribution in [-0.4, -0.2) is 64.4 Å². The van der Waals surface area contributed by atoms with E-state index < -0.39 is 0 Å². The molecule has 3 saturated heterocycles. The predicted octanol–water partition coefficient (Wildman–Crippen LogP) is 3.23. The lowest BCUT2D eigenvalue weighted by Gasteiger charge is -2.41. The maximum atomic E-state index is 13.9. The van der Waals surface area contributed by atoms with Gasteiger partial charge in [-0.3, -0.25) is 9.69 Å². The summed E-state index contributed by atoms with van der Waals surface area (Å²) >= 11 is 0. The number of nitrogens with zero attached hydrogens (tertiary/aromatic N) is 4. The van der Waals surface area contributed by atoms with Crippen molar-refractivity contribution < 1.29 is 4.79 Å². The Balaban J connectivity index is 1.23. The molecule has 3 heterocycles. The van der Waals surface area contributed by atoms with E-state index in [4.69, 9.17) is 5.73 Å². The van der Waals surface area contributed by atoms with E-state index in [-0.39, 0.29) is 36.1 Å². The van der Waals surface area contributed by atoms with Gasteiger partial charge in [0, 0.05) is 31.4 Å². The van der Waals surface area contributed by atoms with Crippen LogP contribution in [0.3, 0.4) is 0 Å². The minimum Gasteiger partial charge on any atom is -0.358 e. The zero-order valence-corrected chi connectivity index (χ0v) is 21.0. The van der Waals surface area contributed by atoms with Gasteiger partial charge in [0.15, 0.2) is 0 Å². The van der Waals surface area contributed by atoms with Gasteiger partial charge < -0.3 is 15.5 Å². The highest BCUT2D eigenvalue weighted by molar-refractivity contribution is 5.87. The van der Waals surface area contributed by atoms with Crippen molar-refractivity contribution in [1.82, 2.24) is 14.7 Å². The third-order valence-corrected chi connectivity index (χ3v) is 8.84. The first-order chi connectivity index (χ1) is 17.5. The zero-order valence-electron chi connectivity index (χ0n) is 21.0. The summed E-state index contributed by atoms with van der Waals surface area (Å²) in [5, 5.41) is 9.57. The molecule has 2 N–H and O–H groups in total. The van der Waals surface area contributed by atoms with E-state index in [9.17, 15) is 10.1 Å². The van der Waals surface area contributed by atoms with Crippen LogP contribution in [0.2, 0.25) is 0 Å². The number of hydrogen-bond acceptors (Lipinski definition) is 5. The van der Waals surface area contributed by atoms with Crippen molar-refractivity contribution in [3.63, 3.8) is 0 Å². The lowest BCUT2D eigenvalue weighted by atomic mass is 9.92. The van der Waals surface area contributed by atoms with Crippen molar-refractivity contribution >= 4 is 5.91 Å².